The molecule has 0 aromatic heterocycles. The molecule has 4 heteroatoms. The van der Waals surface area contributed by atoms with Crippen molar-refractivity contribution in [1.82, 2.24) is 10.2 Å². The van der Waals surface area contributed by atoms with E-state index in [-0.39, 0.29) is 11.7 Å². The van der Waals surface area contributed by atoms with Crippen molar-refractivity contribution >= 4 is 5.91 Å². The molecule has 2 aliphatic heterocycles. The van der Waals surface area contributed by atoms with E-state index in [2.05, 4.69) is 41.4 Å². The minimum atomic E-state index is -0.256. The van der Waals surface area contributed by atoms with Crippen LogP contribution in [0.3, 0.4) is 0 Å². The van der Waals surface area contributed by atoms with E-state index in [4.69, 9.17) is 4.74 Å². The summed E-state index contributed by atoms with van der Waals surface area (Å²) in [4.78, 5) is 15.0. The maximum Gasteiger partial charge on any atom is 0.244 e. The van der Waals surface area contributed by atoms with E-state index >= 15 is 0 Å². The minimum Gasteiger partial charge on any atom is -0.381 e. The number of amides is 1. The molecule has 1 unspecified atom stereocenters. The van der Waals surface area contributed by atoms with Crippen LogP contribution in [0.15, 0.2) is 24.3 Å². The second-order valence-corrected chi connectivity index (χ2v) is 6.60. The molecule has 0 bridgehead atoms. The monoisotopic (exact) mass is 286 g/mol. The Hall–Kier alpha value is -1.39. The Bertz CT molecular complexity index is 544. The summed E-state index contributed by atoms with van der Waals surface area (Å²) >= 11 is 0. The second-order valence-electron chi connectivity index (χ2n) is 6.60. The highest BCUT2D eigenvalue weighted by molar-refractivity contribution is 5.92. The molecule has 1 N–H and O–H groups in total. The van der Waals surface area contributed by atoms with Gasteiger partial charge in [-0.15, -0.1) is 0 Å². The lowest BCUT2D eigenvalue weighted by atomic mass is 10.0. The van der Waals surface area contributed by atoms with Gasteiger partial charge in [-0.05, 0) is 38.2 Å². The molecule has 2 heterocycles. The van der Waals surface area contributed by atoms with Crippen molar-refractivity contribution in [2.24, 2.45) is 0 Å². The summed E-state index contributed by atoms with van der Waals surface area (Å²) in [5, 5.41) is 3.61. The Kier molecular flexibility index (Phi) is 3.05. The first-order valence-electron chi connectivity index (χ1n) is 7.94. The van der Waals surface area contributed by atoms with Crippen LogP contribution in [0.25, 0.3) is 0 Å². The average Bonchev–Trinajstić information content (AvgIpc) is 3.23. The van der Waals surface area contributed by atoms with Crippen LogP contribution in [-0.2, 0) is 9.53 Å². The highest BCUT2D eigenvalue weighted by Gasteiger charge is 2.60. The minimum absolute atomic E-state index is 0.0312. The van der Waals surface area contributed by atoms with E-state index in [1.54, 1.807) is 0 Å². The number of rotatable bonds is 2. The topological polar surface area (TPSA) is 41.6 Å². The van der Waals surface area contributed by atoms with Gasteiger partial charge < -0.3 is 9.64 Å². The summed E-state index contributed by atoms with van der Waals surface area (Å²) in [5.41, 5.74) is 2.19. The summed E-state index contributed by atoms with van der Waals surface area (Å²) in [6.07, 6.45) is 3.89. The number of carbonyl (C=O) groups excluding carboxylic acids is 1. The van der Waals surface area contributed by atoms with Crippen molar-refractivity contribution in [3.8, 4) is 0 Å². The van der Waals surface area contributed by atoms with E-state index in [0.29, 0.717) is 11.9 Å². The molecule has 2 saturated heterocycles. The first kappa shape index (κ1) is 13.3. The summed E-state index contributed by atoms with van der Waals surface area (Å²) in [7, 11) is 0. The predicted octanol–water partition coefficient (Wildman–Crippen LogP) is 2.14. The van der Waals surface area contributed by atoms with Crippen molar-refractivity contribution in [1.29, 1.82) is 0 Å². The van der Waals surface area contributed by atoms with E-state index in [1.165, 1.54) is 11.1 Å². The van der Waals surface area contributed by atoms with Crippen LogP contribution >= 0.6 is 0 Å². The molecule has 4 rings (SSSR count). The summed E-state index contributed by atoms with van der Waals surface area (Å²) in [6.45, 7) is 3.62. The number of benzene rings is 1. The molecule has 3 aliphatic rings. The van der Waals surface area contributed by atoms with E-state index < -0.39 is 0 Å². The number of ether oxygens (including phenoxy) is 1. The van der Waals surface area contributed by atoms with Crippen LogP contribution in [0.2, 0.25) is 0 Å². The molecule has 1 aromatic carbocycles. The molecule has 0 radical (unpaired) electrons. The van der Waals surface area contributed by atoms with Crippen molar-refractivity contribution < 1.29 is 9.53 Å². The van der Waals surface area contributed by atoms with Gasteiger partial charge in [-0.3, -0.25) is 10.1 Å². The van der Waals surface area contributed by atoms with Crippen LogP contribution < -0.4 is 5.32 Å². The van der Waals surface area contributed by atoms with Crippen molar-refractivity contribution in [3.63, 3.8) is 0 Å². The van der Waals surface area contributed by atoms with Crippen LogP contribution in [-0.4, -0.2) is 35.6 Å². The fraction of sp³-hybridized carbons (Fsp3) is 0.588. The van der Waals surface area contributed by atoms with Crippen molar-refractivity contribution in [2.45, 2.75) is 50.4 Å². The maximum absolute atomic E-state index is 12.9. The Morgan fingerprint density at radius 2 is 1.86 bits per heavy atom. The maximum atomic E-state index is 12.9. The van der Waals surface area contributed by atoms with Gasteiger partial charge >= 0.3 is 0 Å². The standard InChI is InChI=1S/C17H22N2O2/c1-12-2-4-13(5-3-12)15-18-17(8-9-17)16(20)19(15)14-6-10-21-11-7-14/h2-5,14-15,18H,6-11H2,1H3. The number of carbonyl (C=O) groups is 1. The van der Waals surface area contributed by atoms with Crippen LogP contribution in [0.1, 0.15) is 43.0 Å². The van der Waals surface area contributed by atoms with Crippen LogP contribution in [0, 0.1) is 6.92 Å². The number of hydrogen-bond acceptors (Lipinski definition) is 3. The molecule has 1 aliphatic carbocycles. The molecule has 3 fully saturated rings. The third-order valence-corrected chi connectivity index (χ3v) is 5.06. The molecule has 1 saturated carbocycles. The van der Waals surface area contributed by atoms with Gasteiger partial charge in [0.15, 0.2) is 0 Å². The normalized spacial score (nSPS) is 28.3. The fourth-order valence-electron chi connectivity index (χ4n) is 3.57. The van der Waals surface area contributed by atoms with E-state index in [0.717, 1.165) is 38.9 Å². The lowest BCUT2D eigenvalue weighted by Crippen LogP contribution is -2.43. The molecule has 21 heavy (non-hydrogen) atoms. The Labute approximate surface area is 125 Å². The van der Waals surface area contributed by atoms with Crippen LogP contribution in [0.4, 0.5) is 0 Å². The number of nitrogens with zero attached hydrogens (tertiary/aromatic N) is 1. The van der Waals surface area contributed by atoms with Gasteiger partial charge in [0.1, 0.15) is 11.7 Å². The number of aryl methyl sites for hydroxylation is 1. The zero-order valence-corrected chi connectivity index (χ0v) is 12.5. The molecular weight excluding hydrogens is 264 g/mol. The summed E-state index contributed by atoms with van der Waals surface area (Å²) in [5.74, 6) is 0.306. The largest absolute Gasteiger partial charge is 0.381 e. The molecule has 4 nitrogen and oxygen atoms in total. The molecule has 1 amide bonds. The molecule has 112 valence electrons. The smallest absolute Gasteiger partial charge is 0.244 e. The number of nitrogens with one attached hydrogen (secondary N) is 1. The third kappa shape index (κ3) is 2.17. The quantitative estimate of drug-likeness (QED) is 0.905. The summed E-state index contributed by atoms with van der Waals surface area (Å²) in [6, 6.07) is 8.86. The first-order chi connectivity index (χ1) is 10.2. The first-order valence-corrected chi connectivity index (χ1v) is 7.94. The number of hydrogen-bond donors (Lipinski definition) is 1. The SMILES string of the molecule is Cc1ccc(C2NC3(CC3)C(=O)N2C2CCOCC2)cc1. The lowest BCUT2D eigenvalue weighted by molar-refractivity contribution is -0.135. The van der Waals surface area contributed by atoms with Gasteiger partial charge in [0.25, 0.3) is 0 Å². The van der Waals surface area contributed by atoms with Crippen molar-refractivity contribution in [2.75, 3.05) is 13.2 Å². The molecule has 1 spiro atoms. The zero-order valence-electron chi connectivity index (χ0n) is 12.5. The van der Waals surface area contributed by atoms with Gasteiger partial charge in [-0.1, -0.05) is 29.8 Å². The summed E-state index contributed by atoms with van der Waals surface area (Å²) < 4.78 is 5.46. The zero-order chi connectivity index (χ0) is 14.4. The molecule has 1 atom stereocenters. The van der Waals surface area contributed by atoms with E-state index in [1.807, 2.05) is 0 Å². The Balaban J connectivity index is 1.66. The lowest BCUT2D eigenvalue weighted by Gasteiger charge is -2.35. The Morgan fingerprint density at radius 1 is 1.19 bits per heavy atom. The van der Waals surface area contributed by atoms with E-state index in [9.17, 15) is 4.79 Å². The van der Waals surface area contributed by atoms with Crippen molar-refractivity contribution in [3.05, 3.63) is 35.4 Å². The van der Waals surface area contributed by atoms with Gasteiger partial charge in [0.05, 0.1) is 0 Å². The van der Waals surface area contributed by atoms with Gasteiger partial charge in [0.2, 0.25) is 5.91 Å². The predicted molar refractivity (Wildman–Crippen MR) is 79.7 cm³/mol. The molecular formula is C17H22N2O2. The second kappa shape index (κ2) is 4.82. The van der Waals surface area contributed by atoms with Crippen LogP contribution in [0.5, 0.6) is 0 Å². The van der Waals surface area contributed by atoms with Gasteiger partial charge in [0, 0.05) is 19.3 Å². The highest BCUT2D eigenvalue weighted by atomic mass is 16.5. The third-order valence-electron chi connectivity index (χ3n) is 5.06. The average molecular weight is 286 g/mol. The fourth-order valence-corrected chi connectivity index (χ4v) is 3.57. The Morgan fingerprint density at radius 3 is 2.48 bits per heavy atom. The highest BCUT2D eigenvalue weighted by Crippen LogP contribution is 2.47. The molecule has 1 aromatic rings. The van der Waals surface area contributed by atoms with Gasteiger partial charge in [-0.25, -0.2) is 0 Å². The van der Waals surface area contributed by atoms with Gasteiger partial charge in [-0.2, -0.15) is 0 Å².